The zero-order chi connectivity index (χ0) is 15.9. The molecule has 0 aliphatic rings. The van der Waals surface area contributed by atoms with Crippen molar-refractivity contribution in [2.45, 2.75) is 13.0 Å². The summed E-state index contributed by atoms with van der Waals surface area (Å²) in [6.07, 6.45) is 0. The lowest BCUT2D eigenvalue weighted by molar-refractivity contribution is 0.0951. The standard InChI is InChI=1S/C18H19N3O/c1-14(21(2)17-6-4-3-5-7-17)13-20-18(22)16-10-8-15(12-19)9-11-16/h3-11,14H,13H2,1-2H3,(H,20,22)/t14-/m1/s1. The van der Waals surface area contributed by atoms with Crippen LogP contribution in [-0.2, 0) is 0 Å². The van der Waals surface area contributed by atoms with Crippen LogP contribution in [0.25, 0.3) is 0 Å². The van der Waals surface area contributed by atoms with Crippen molar-refractivity contribution in [2.24, 2.45) is 0 Å². The molecule has 1 atom stereocenters. The molecule has 22 heavy (non-hydrogen) atoms. The van der Waals surface area contributed by atoms with Gasteiger partial charge in [-0.2, -0.15) is 5.26 Å². The van der Waals surface area contributed by atoms with Crippen molar-refractivity contribution in [3.63, 3.8) is 0 Å². The number of nitrogens with one attached hydrogen (secondary N) is 1. The molecule has 1 amide bonds. The molecule has 0 fully saturated rings. The largest absolute Gasteiger partial charge is 0.370 e. The maximum absolute atomic E-state index is 12.1. The number of nitriles is 1. The van der Waals surface area contributed by atoms with E-state index in [1.165, 1.54) is 0 Å². The molecule has 2 aromatic carbocycles. The summed E-state index contributed by atoms with van der Waals surface area (Å²) in [5.74, 6) is -0.127. The fraction of sp³-hybridized carbons (Fsp3) is 0.222. The second-order valence-corrected chi connectivity index (χ2v) is 5.19. The number of para-hydroxylation sites is 1. The van der Waals surface area contributed by atoms with E-state index in [-0.39, 0.29) is 11.9 Å². The molecule has 0 aliphatic carbocycles. The lowest BCUT2D eigenvalue weighted by Crippen LogP contribution is -2.40. The fourth-order valence-corrected chi connectivity index (χ4v) is 2.09. The van der Waals surface area contributed by atoms with Crippen molar-refractivity contribution >= 4 is 11.6 Å². The van der Waals surface area contributed by atoms with E-state index >= 15 is 0 Å². The van der Waals surface area contributed by atoms with E-state index in [0.29, 0.717) is 17.7 Å². The maximum Gasteiger partial charge on any atom is 0.251 e. The van der Waals surface area contributed by atoms with E-state index in [2.05, 4.69) is 17.1 Å². The summed E-state index contributed by atoms with van der Waals surface area (Å²) >= 11 is 0. The zero-order valence-electron chi connectivity index (χ0n) is 12.8. The molecule has 0 aliphatic heterocycles. The average Bonchev–Trinajstić information content (AvgIpc) is 2.59. The van der Waals surface area contributed by atoms with Gasteiger partial charge < -0.3 is 10.2 Å². The van der Waals surface area contributed by atoms with Crippen LogP contribution < -0.4 is 10.2 Å². The van der Waals surface area contributed by atoms with Gasteiger partial charge in [-0.1, -0.05) is 18.2 Å². The van der Waals surface area contributed by atoms with Gasteiger partial charge in [0.05, 0.1) is 11.6 Å². The molecule has 112 valence electrons. The number of carbonyl (C=O) groups is 1. The number of hydrogen-bond acceptors (Lipinski definition) is 3. The van der Waals surface area contributed by atoms with Crippen molar-refractivity contribution in [3.8, 4) is 6.07 Å². The Kier molecular flexibility index (Phi) is 5.16. The fourth-order valence-electron chi connectivity index (χ4n) is 2.09. The van der Waals surface area contributed by atoms with Gasteiger partial charge in [0, 0.05) is 30.9 Å². The third-order valence-electron chi connectivity index (χ3n) is 3.66. The third-order valence-corrected chi connectivity index (χ3v) is 3.66. The first kappa shape index (κ1) is 15.6. The first-order valence-corrected chi connectivity index (χ1v) is 7.18. The minimum absolute atomic E-state index is 0.127. The van der Waals surface area contributed by atoms with Crippen molar-refractivity contribution in [3.05, 3.63) is 65.7 Å². The summed E-state index contributed by atoms with van der Waals surface area (Å²) in [5.41, 5.74) is 2.23. The molecular weight excluding hydrogens is 274 g/mol. The molecule has 2 rings (SSSR count). The molecule has 0 saturated carbocycles. The molecule has 0 saturated heterocycles. The smallest absolute Gasteiger partial charge is 0.251 e. The highest BCUT2D eigenvalue weighted by Gasteiger charge is 2.12. The Morgan fingerprint density at radius 2 is 1.82 bits per heavy atom. The predicted octanol–water partition coefficient (Wildman–Crippen LogP) is 2.81. The summed E-state index contributed by atoms with van der Waals surface area (Å²) in [7, 11) is 2.01. The van der Waals surface area contributed by atoms with Crippen molar-refractivity contribution < 1.29 is 4.79 Å². The van der Waals surface area contributed by atoms with Crippen molar-refractivity contribution in [1.82, 2.24) is 5.32 Å². The van der Waals surface area contributed by atoms with E-state index in [0.717, 1.165) is 5.69 Å². The predicted molar refractivity (Wildman–Crippen MR) is 87.8 cm³/mol. The van der Waals surface area contributed by atoms with Crippen LogP contribution in [0.2, 0.25) is 0 Å². The molecule has 0 bridgehead atoms. The molecule has 0 spiro atoms. The molecule has 4 nitrogen and oxygen atoms in total. The van der Waals surface area contributed by atoms with Crippen LogP contribution in [-0.4, -0.2) is 25.5 Å². The van der Waals surface area contributed by atoms with E-state index < -0.39 is 0 Å². The van der Waals surface area contributed by atoms with Crippen LogP contribution in [0.3, 0.4) is 0 Å². The van der Waals surface area contributed by atoms with Gasteiger partial charge in [0.15, 0.2) is 0 Å². The minimum Gasteiger partial charge on any atom is -0.370 e. The lowest BCUT2D eigenvalue weighted by atomic mass is 10.1. The Balaban J connectivity index is 1.91. The number of hydrogen-bond donors (Lipinski definition) is 1. The Bertz CT molecular complexity index is 659. The van der Waals surface area contributed by atoms with E-state index in [4.69, 9.17) is 5.26 Å². The van der Waals surface area contributed by atoms with Crippen molar-refractivity contribution in [2.75, 3.05) is 18.5 Å². The van der Waals surface area contributed by atoms with Gasteiger partial charge in [0.1, 0.15) is 0 Å². The number of amides is 1. The molecule has 0 heterocycles. The van der Waals surface area contributed by atoms with E-state index in [1.807, 2.05) is 43.4 Å². The van der Waals surface area contributed by atoms with Crippen molar-refractivity contribution in [1.29, 1.82) is 5.26 Å². The maximum atomic E-state index is 12.1. The molecule has 2 aromatic rings. The molecule has 0 radical (unpaired) electrons. The summed E-state index contributed by atoms with van der Waals surface area (Å²) < 4.78 is 0. The Hall–Kier alpha value is -2.80. The SMILES string of the molecule is C[C@H](CNC(=O)c1ccc(C#N)cc1)N(C)c1ccccc1. The van der Waals surface area contributed by atoms with Crippen LogP contribution in [0.1, 0.15) is 22.8 Å². The Morgan fingerprint density at radius 1 is 1.18 bits per heavy atom. The second kappa shape index (κ2) is 7.28. The number of rotatable bonds is 5. The molecule has 0 unspecified atom stereocenters. The zero-order valence-corrected chi connectivity index (χ0v) is 12.8. The van der Waals surface area contributed by atoms with Crippen LogP contribution in [0.15, 0.2) is 54.6 Å². The van der Waals surface area contributed by atoms with E-state index in [1.54, 1.807) is 24.3 Å². The quantitative estimate of drug-likeness (QED) is 0.922. The highest BCUT2D eigenvalue weighted by Crippen LogP contribution is 2.13. The molecule has 4 heteroatoms. The van der Waals surface area contributed by atoms with Gasteiger partial charge in [-0.15, -0.1) is 0 Å². The second-order valence-electron chi connectivity index (χ2n) is 5.19. The summed E-state index contributed by atoms with van der Waals surface area (Å²) in [5, 5.41) is 11.7. The highest BCUT2D eigenvalue weighted by molar-refractivity contribution is 5.94. The third kappa shape index (κ3) is 3.86. The van der Waals surface area contributed by atoms with E-state index in [9.17, 15) is 4.79 Å². The molecule has 0 aromatic heterocycles. The number of benzene rings is 2. The molecular formula is C18H19N3O. The van der Waals surface area contributed by atoms with Gasteiger partial charge in [0.2, 0.25) is 0 Å². The summed E-state index contributed by atoms with van der Waals surface area (Å²) in [4.78, 5) is 14.2. The van der Waals surface area contributed by atoms with Crippen LogP contribution in [0.4, 0.5) is 5.69 Å². The molecule has 1 N–H and O–H groups in total. The van der Waals surface area contributed by atoms with Gasteiger partial charge in [0.25, 0.3) is 5.91 Å². The van der Waals surface area contributed by atoms with Crippen LogP contribution in [0, 0.1) is 11.3 Å². The number of nitrogens with zero attached hydrogens (tertiary/aromatic N) is 2. The van der Waals surface area contributed by atoms with Gasteiger partial charge in [-0.05, 0) is 43.3 Å². The first-order chi connectivity index (χ1) is 10.6. The van der Waals surface area contributed by atoms with Gasteiger partial charge in [-0.25, -0.2) is 0 Å². The topological polar surface area (TPSA) is 56.1 Å². The van der Waals surface area contributed by atoms with Crippen LogP contribution in [0.5, 0.6) is 0 Å². The van der Waals surface area contributed by atoms with Crippen LogP contribution >= 0.6 is 0 Å². The highest BCUT2D eigenvalue weighted by atomic mass is 16.1. The minimum atomic E-state index is -0.127. The normalized spacial score (nSPS) is 11.3. The van der Waals surface area contributed by atoms with Gasteiger partial charge >= 0.3 is 0 Å². The number of carbonyl (C=O) groups excluding carboxylic acids is 1. The average molecular weight is 293 g/mol. The Labute approximate surface area is 131 Å². The lowest BCUT2D eigenvalue weighted by Gasteiger charge is -2.27. The first-order valence-electron chi connectivity index (χ1n) is 7.18. The Morgan fingerprint density at radius 3 is 2.41 bits per heavy atom. The van der Waals surface area contributed by atoms with Gasteiger partial charge in [-0.3, -0.25) is 4.79 Å². The number of anilines is 1. The summed E-state index contributed by atoms with van der Waals surface area (Å²) in [6.45, 7) is 2.61. The number of likely N-dealkylation sites (N-methyl/N-ethyl adjacent to an activating group) is 1. The monoisotopic (exact) mass is 293 g/mol. The summed E-state index contributed by atoms with van der Waals surface area (Å²) in [6, 6.07) is 18.9.